The van der Waals surface area contributed by atoms with E-state index in [4.69, 9.17) is 5.84 Å². The third kappa shape index (κ3) is 2.82. The lowest BCUT2D eigenvalue weighted by molar-refractivity contribution is 0.491. The molecule has 0 amide bonds. The minimum atomic E-state index is 0.612. The van der Waals surface area contributed by atoms with Crippen molar-refractivity contribution in [2.75, 3.05) is 24.9 Å². The predicted octanol–water partition coefficient (Wildman–Crippen LogP) is 0.213. The number of nitrogens with one attached hydrogen (secondary N) is 2. The fourth-order valence-electron chi connectivity index (χ4n) is 1.02. The van der Waals surface area contributed by atoms with Gasteiger partial charge in [-0.15, -0.1) is 0 Å². The molecular weight excluding hydrogens is 180 g/mol. The quantitative estimate of drug-likeness (QED) is 0.472. The predicted molar refractivity (Wildman–Crippen MR) is 56.5 cm³/mol. The van der Waals surface area contributed by atoms with Crippen LogP contribution in [0.15, 0.2) is 6.07 Å². The highest BCUT2D eigenvalue weighted by Gasteiger charge is 2.02. The second-order valence-electron chi connectivity index (χ2n) is 3.06. The number of hydrogen-bond donors (Lipinski definition) is 3. The molecule has 1 heterocycles. The molecular formula is C8H16N6. The first-order valence-electron chi connectivity index (χ1n) is 4.44. The van der Waals surface area contributed by atoms with Gasteiger partial charge < -0.3 is 10.9 Å². The maximum atomic E-state index is 5.29. The van der Waals surface area contributed by atoms with Crippen LogP contribution < -0.4 is 16.7 Å². The van der Waals surface area contributed by atoms with Crippen LogP contribution in [0.25, 0.3) is 0 Å². The Kier molecular flexibility index (Phi) is 3.61. The number of aryl methyl sites for hydroxylation is 1. The average Bonchev–Trinajstić information content (AvgIpc) is 2.16. The second-order valence-corrected chi connectivity index (χ2v) is 3.06. The zero-order chi connectivity index (χ0) is 10.6. The van der Waals surface area contributed by atoms with Gasteiger partial charge in [-0.25, -0.2) is 20.8 Å². The molecule has 0 spiro atoms. The highest BCUT2D eigenvalue weighted by Crippen LogP contribution is 2.10. The fourth-order valence-corrected chi connectivity index (χ4v) is 1.02. The minimum absolute atomic E-state index is 0.612. The van der Waals surface area contributed by atoms with E-state index in [2.05, 4.69) is 20.8 Å². The molecule has 0 aromatic carbocycles. The molecule has 1 aromatic rings. The fraction of sp³-hybridized carbons (Fsp3) is 0.500. The van der Waals surface area contributed by atoms with E-state index in [0.29, 0.717) is 5.82 Å². The molecule has 0 radical (unpaired) electrons. The van der Waals surface area contributed by atoms with Gasteiger partial charge in [-0.3, -0.25) is 0 Å². The highest BCUT2D eigenvalue weighted by atomic mass is 15.5. The largest absolute Gasteiger partial charge is 0.308 e. The van der Waals surface area contributed by atoms with Crippen LogP contribution in [-0.4, -0.2) is 29.1 Å². The van der Waals surface area contributed by atoms with Crippen molar-refractivity contribution < 1.29 is 0 Å². The Balaban J connectivity index is 2.92. The summed E-state index contributed by atoms with van der Waals surface area (Å²) in [5.41, 5.74) is 5.55. The van der Waals surface area contributed by atoms with Crippen molar-refractivity contribution in [3.8, 4) is 0 Å². The van der Waals surface area contributed by atoms with Gasteiger partial charge in [0, 0.05) is 26.6 Å². The van der Waals surface area contributed by atoms with Crippen LogP contribution in [0.3, 0.4) is 0 Å². The van der Waals surface area contributed by atoms with E-state index in [1.165, 1.54) is 0 Å². The number of hydrogen-bond acceptors (Lipinski definition) is 6. The summed E-state index contributed by atoms with van der Waals surface area (Å²) >= 11 is 0. The molecule has 6 nitrogen and oxygen atoms in total. The van der Waals surface area contributed by atoms with Crippen molar-refractivity contribution in [1.29, 1.82) is 0 Å². The third-order valence-corrected chi connectivity index (χ3v) is 1.57. The Morgan fingerprint density at radius 3 is 2.50 bits per heavy atom. The van der Waals surface area contributed by atoms with E-state index in [-0.39, 0.29) is 0 Å². The lowest BCUT2D eigenvalue weighted by Gasteiger charge is -2.13. The lowest BCUT2D eigenvalue weighted by Crippen LogP contribution is -2.21. The first-order valence-corrected chi connectivity index (χ1v) is 4.44. The van der Waals surface area contributed by atoms with Gasteiger partial charge in [0.2, 0.25) is 0 Å². The number of nitrogen functional groups attached to an aromatic ring is 1. The van der Waals surface area contributed by atoms with E-state index in [9.17, 15) is 0 Å². The molecule has 0 aliphatic carbocycles. The van der Waals surface area contributed by atoms with Gasteiger partial charge in [0.05, 0.1) is 0 Å². The molecule has 0 saturated carbocycles. The van der Waals surface area contributed by atoms with Crippen molar-refractivity contribution in [3.05, 3.63) is 11.9 Å². The molecule has 14 heavy (non-hydrogen) atoms. The summed E-state index contributed by atoms with van der Waals surface area (Å²) in [6, 6.07) is 1.75. The van der Waals surface area contributed by atoms with Crippen LogP contribution in [-0.2, 0) is 6.42 Å². The van der Waals surface area contributed by atoms with Crippen molar-refractivity contribution >= 4 is 11.6 Å². The lowest BCUT2D eigenvalue weighted by atomic mass is 10.4. The maximum absolute atomic E-state index is 5.29. The van der Waals surface area contributed by atoms with Gasteiger partial charge in [-0.1, -0.05) is 6.92 Å². The molecule has 0 aliphatic heterocycles. The number of hydrazine groups is 2. The zero-order valence-electron chi connectivity index (χ0n) is 8.70. The second kappa shape index (κ2) is 4.73. The monoisotopic (exact) mass is 196 g/mol. The van der Waals surface area contributed by atoms with E-state index in [0.717, 1.165) is 18.1 Å². The first kappa shape index (κ1) is 10.7. The van der Waals surface area contributed by atoms with E-state index >= 15 is 0 Å². The molecule has 6 heteroatoms. The summed E-state index contributed by atoms with van der Waals surface area (Å²) in [5, 5.41) is 1.81. The Hall–Kier alpha value is -1.40. The first-order chi connectivity index (χ1) is 6.65. The highest BCUT2D eigenvalue weighted by molar-refractivity contribution is 5.46. The normalized spacial score (nSPS) is 10.4. The topological polar surface area (TPSA) is 79.1 Å². The van der Waals surface area contributed by atoms with E-state index < -0.39 is 0 Å². The zero-order valence-corrected chi connectivity index (χ0v) is 8.70. The van der Waals surface area contributed by atoms with Crippen molar-refractivity contribution in [2.24, 2.45) is 5.84 Å². The van der Waals surface area contributed by atoms with Gasteiger partial charge in [0.25, 0.3) is 0 Å². The minimum Gasteiger partial charge on any atom is -0.308 e. The molecule has 0 aliphatic rings. The van der Waals surface area contributed by atoms with Gasteiger partial charge in [-0.2, -0.15) is 0 Å². The standard InChI is InChI=1S/C8H16N6/c1-4-6-10-7(12-9)5-8(11-6)13-14(2)3/h5H,4,9H2,1-3H3,(H2,10,11,12,13). The summed E-state index contributed by atoms with van der Waals surface area (Å²) in [6.45, 7) is 2.00. The molecule has 4 N–H and O–H groups in total. The summed E-state index contributed by atoms with van der Waals surface area (Å²) < 4.78 is 0. The van der Waals surface area contributed by atoms with E-state index in [1.807, 2.05) is 26.0 Å². The Morgan fingerprint density at radius 1 is 1.36 bits per heavy atom. The van der Waals surface area contributed by atoms with Gasteiger partial charge in [0.1, 0.15) is 17.5 Å². The molecule has 0 saturated heterocycles. The van der Waals surface area contributed by atoms with E-state index in [1.54, 1.807) is 6.07 Å². The maximum Gasteiger partial charge on any atom is 0.146 e. The van der Waals surface area contributed by atoms with Crippen LogP contribution in [0.2, 0.25) is 0 Å². The van der Waals surface area contributed by atoms with Gasteiger partial charge in [0.15, 0.2) is 0 Å². The Morgan fingerprint density at radius 2 is 2.00 bits per heavy atom. The number of nitrogens with two attached hydrogens (primary N) is 1. The third-order valence-electron chi connectivity index (χ3n) is 1.57. The van der Waals surface area contributed by atoms with Gasteiger partial charge >= 0.3 is 0 Å². The van der Waals surface area contributed by atoms with Gasteiger partial charge in [-0.05, 0) is 0 Å². The smallest absolute Gasteiger partial charge is 0.146 e. The van der Waals surface area contributed by atoms with Crippen LogP contribution in [0, 0.1) is 0 Å². The summed E-state index contributed by atoms with van der Waals surface area (Å²) in [5.74, 6) is 7.39. The Labute approximate surface area is 83.5 Å². The van der Waals surface area contributed by atoms with Crippen molar-refractivity contribution in [3.63, 3.8) is 0 Å². The summed E-state index contributed by atoms with van der Waals surface area (Å²) in [7, 11) is 3.78. The van der Waals surface area contributed by atoms with Crippen LogP contribution in [0.4, 0.5) is 11.6 Å². The average molecular weight is 196 g/mol. The molecule has 0 atom stereocenters. The molecule has 78 valence electrons. The van der Waals surface area contributed by atoms with Crippen LogP contribution in [0.5, 0.6) is 0 Å². The number of aromatic nitrogens is 2. The van der Waals surface area contributed by atoms with Crippen molar-refractivity contribution in [1.82, 2.24) is 15.0 Å². The number of anilines is 2. The number of rotatable bonds is 4. The molecule has 0 fully saturated rings. The molecule has 1 rings (SSSR count). The summed E-state index contributed by atoms with van der Waals surface area (Å²) in [4.78, 5) is 8.45. The van der Waals surface area contributed by atoms with Crippen LogP contribution in [0.1, 0.15) is 12.7 Å². The van der Waals surface area contributed by atoms with Crippen molar-refractivity contribution in [2.45, 2.75) is 13.3 Å². The Bertz CT molecular complexity index is 276. The summed E-state index contributed by atoms with van der Waals surface area (Å²) in [6.07, 6.45) is 0.775. The molecule has 0 bridgehead atoms. The number of nitrogens with zero attached hydrogens (tertiary/aromatic N) is 3. The molecule has 0 unspecified atom stereocenters. The molecule has 1 aromatic heterocycles. The SMILES string of the molecule is CCc1nc(NN)cc(NN(C)C)n1. The van der Waals surface area contributed by atoms with Crippen LogP contribution >= 0.6 is 0 Å².